The van der Waals surface area contributed by atoms with Gasteiger partial charge in [-0.1, -0.05) is 30.3 Å². The van der Waals surface area contributed by atoms with E-state index in [1.165, 1.54) is 11.9 Å². The molecule has 1 aromatic heterocycles. The number of hydrogen-bond acceptors (Lipinski definition) is 6. The summed E-state index contributed by atoms with van der Waals surface area (Å²) in [7, 11) is 3.51. The van der Waals surface area contributed by atoms with Crippen molar-refractivity contribution in [1.29, 1.82) is 0 Å². The number of nitro groups is 1. The summed E-state index contributed by atoms with van der Waals surface area (Å²) in [5.41, 5.74) is 1.35. The zero-order chi connectivity index (χ0) is 17.8. The molecule has 1 aromatic carbocycles. The molecule has 7 heteroatoms. The van der Waals surface area contributed by atoms with E-state index in [2.05, 4.69) is 34.2 Å². The Balaban J connectivity index is 1.73. The van der Waals surface area contributed by atoms with Gasteiger partial charge in [0.2, 0.25) is 11.6 Å². The SMILES string of the molecule is CN(C)c1ncnc(N2CCC(Cc3ccccc3)CC2)c1[N+](=O)[O-]. The van der Waals surface area contributed by atoms with Crippen molar-refractivity contribution in [3.8, 4) is 0 Å². The molecule has 0 saturated carbocycles. The normalized spacial score (nSPS) is 15.2. The topological polar surface area (TPSA) is 75.4 Å². The summed E-state index contributed by atoms with van der Waals surface area (Å²) in [6, 6.07) is 10.5. The Morgan fingerprint density at radius 1 is 1.20 bits per heavy atom. The van der Waals surface area contributed by atoms with Crippen LogP contribution in [0.25, 0.3) is 0 Å². The van der Waals surface area contributed by atoms with Crippen molar-refractivity contribution in [2.75, 3.05) is 37.0 Å². The highest BCUT2D eigenvalue weighted by Gasteiger charge is 2.30. The molecule has 1 aliphatic heterocycles. The van der Waals surface area contributed by atoms with Gasteiger partial charge in [-0.05, 0) is 30.7 Å². The zero-order valence-corrected chi connectivity index (χ0v) is 14.6. The van der Waals surface area contributed by atoms with Gasteiger partial charge in [0, 0.05) is 27.2 Å². The van der Waals surface area contributed by atoms with Gasteiger partial charge in [0.05, 0.1) is 4.92 Å². The summed E-state index contributed by atoms with van der Waals surface area (Å²) in [6.07, 6.45) is 4.48. The first kappa shape index (κ1) is 17.1. The molecule has 25 heavy (non-hydrogen) atoms. The van der Waals surface area contributed by atoms with Gasteiger partial charge >= 0.3 is 5.69 Å². The number of nitrogens with zero attached hydrogens (tertiary/aromatic N) is 5. The molecule has 1 saturated heterocycles. The molecule has 0 amide bonds. The van der Waals surface area contributed by atoms with Crippen molar-refractivity contribution in [2.45, 2.75) is 19.3 Å². The van der Waals surface area contributed by atoms with Gasteiger partial charge in [0.15, 0.2) is 0 Å². The first-order valence-electron chi connectivity index (χ1n) is 8.52. The molecular weight excluding hydrogens is 318 g/mol. The Kier molecular flexibility index (Phi) is 5.11. The third-order valence-electron chi connectivity index (χ3n) is 4.67. The van der Waals surface area contributed by atoms with Crippen LogP contribution in [0.2, 0.25) is 0 Å². The molecule has 7 nitrogen and oxygen atoms in total. The van der Waals surface area contributed by atoms with E-state index in [1.54, 1.807) is 19.0 Å². The van der Waals surface area contributed by atoms with Crippen molar-refractivity contribution in [3.63, 3.8) is 0 Å². The minimum atomic E-state index is -0.374. The molecule has 0 radical (unpaired) electrons. The summed E-state index contributed by atoms with van der Waals surface area (Å²) in [5.74, 6) is 1.39. The van der Waals surface area contributed by atoms with E-state index >= 15 is 0 Å². The van der Waals surface area contributed by atoms with Crippen molar-refractivity contribution in [1.82, 2.24) is 9.97 Å². The van der Waals surface area contributed by atoms with E-state index in [0.717, 1.165) is 32.4 Å². The van der Waals surface area contributed by atoms with Crippen LogP contribution in [0.1, 0.15) is 18.4 Å². The highest BCUT2D eigenvalue weighted by molar-refractivity contribution is 5.70. The Hall–Kier alpha value is -2.70. The van der Waals surface area contributed by atoms with Crippen LogP contribution in [0.15, 0.2) is 36.7 Å². The maximum absolute atomic E-state index is 11.6. The van der Waals surface area contributed by atoms with Gasteiger partial charge in [-0.2, -0.15) is 0 Å². The van der Waals surface area contributed by atoms with Crippen LogP contribution in [0, 0.1) is 16.0 Å². The average molecular weight is 341 g/mol. The van der Waals surface area contributed by atoms with Crippen LogP contribution in [0.5, 0.6) is 0 Å². The van der Waals surface area contributed by atoms with Crippen molar-refractivity contribution < 1.29 is 4.92 Å². The molecule has 0 unspecified atom stereocenters. The van der Waals surface area contributed by atoms with E-state index in [9.17, 15) is 10.1 Å². The summed E-state index contributed by atoms with van der Waals surface area (Å²) in [5, 5.41) is 11.6. The second-order valence-electron chi connectivity index (χ2n) is 6.64. The maximum Gasteiger partial charge on any atom is 0.353 e. The maximum atomic E-state index is 11.6. The molecule has 0 spiro atoms. The standard InChI is InChI=1S/C18H23N5O2/c1-21(2)17-16(23(24)25)18(20-13-19-17)22-10-8-15(9-11-22)12-14-6-4-3-5-7-14/h3-7,13,15H,8-12H2,1-2H3. The minimum absolute atomic E-state index is 0.00555. The largest absolute Gasteiger partial charge is 0.357 e. The number of aromatic nitrogens is 2. The predicted molar refractivity (Wildman–Crippen MR) is 98.1 cm³/mol. The summed E-state index contributed by atoms with van der Waals surface area (Å²) in [6.45, 7) is 1.56. The van der Waals surface area contributed by atoms with Crippen LogP contribution in [-0.4, -0.2) is 42.1 Å². The third-order valence-corrected chi connectivity index (χ3v) is 4.67. The molecule has 0 N–H and O–H groups in total. The predicted octanol–water partition coefficient (Wildman–Crippen LogP) is 2.91. The van der Waals surface area contributed by atoms with Crippen LogP contribution in [0.4, 0.5) is 17.3 Å². The molecule has 2 heterocycles. The second kappa shape index (κ2) is 7.46. The van der Waals surface area contributed by atoms with Crippen molar-refractivity contribution in [3.05, 3.63) is 52.3 Å². The molecule has 0 bridgehead atoms. The molecule has 1 fully saturated rings. The number of hydrogen-bond donors (Lipinski definition) is 0. The van der Waals surface area contributed by atoms with Crippen LogP contribution in [-0.2, 0) is 6.42 Å². The molecule has 3 rings (SSSR count). The van der Waals surface area contributed by atoms with E-state index in [1.807, 2.05) is 11.0 Å². The van der Waals surface area contributed by atoms with Crippen LogP contribution < -0.4 is 9.80 Å². The molecule has 2 aromatic rings. The van der Waals surface area contributed by atoms with Crippen LogP contribution in [0.3, 0.4) is 0 Å². The fourth-order valence-corrected chi connectivity index (χ4v) is 3.38. The van der Waals surface area contributed by atoms with Gasteiger partial charge in [-0.15, -0.1) is 0 Å². The van der Waals surface area contributed by atoms with E-state index in [0.29, 0.717) is 17.6 Å². The van der Waals surface area contributed by atoms with E-state index < -0.39 is 0 Å². The second-order valence-corrected chi connectivity index (χ2v) is 6.64. The highest BCUT2D eigenvalue weighted by atomic mass is 16.6. The minimum Gasteiger partial charge on any atom is -0.357 e. The van der Waals surface area contributed by atoms with Crippen LogP contribution >= 0.6 is 0 Å². The van der Waals surface area contributed by atoms with Gasteiger partial charge in [0.25, 0.3) is 0 Å². The monoisotopic (exact) mass is 341 g/mol. The molecule has 0 atom stereocenters. The fraction of sp³-hybridized carbons (Fsp3) is 0.444. The van der Waals surface area contributed by atoms with E-state index in [4.69, 9.17) is 0 Å². The molecule has 1 aliphatic rings. The lowest BCUT2D eigenvalue weighted by Gasteiger charge is -2.32. The summed E-state index contributed by atoms with van der Waals surface area (Å²) in [4.78, 5) is 23.2. The molecule has 132 valence electrons. The highest BCUT2D eigenvalue weighted by Crippen LogP contribution is 2.35. The van der Waals surface area contributed by atoms with Crippen molar-refractivity contribution in [2.24, 2.45) is 5.92 Å². The smallest absolute Gasteiger partial charge is 0.353 e. The molecular formula is C18H23N5O2. The summed E-state index contributed by atoms with van der Waals surface area (Å²) >= 11 is 0. The number of anilines is 2. The number of rotatable bonds is 5. The Labute approximate surface area is 147 Å². The lowest BCUT2D eigenvalue weighted by atomic mass is 9.90. The van der Waals surface area contributed by atoms with Gasteiger partial charge in [-0.25, -0.2) is 9.97 Å². The lowest BCUT2D eigenvalue weighted by Crippen LogP contribution is -2.35. The van der Waals surface area contributed by atoms with Crippen molar-refractivity contribution >= 4 is 17.3 Å². The molecule has 0 aliphatic carbocycles. The summed E-state index contributed by atoms with van der Waals surface area (Å²) < 4.78 is 0. The van der Waals surface area contributed by atoms with Gasteiger partial charge in [0.1, 0.15) is 6.33 Å². The van der Waals surface area contributed by atoms with Gasteiger partial charge in [-0.3, -0.25) is 10.1 Å². The first-order chi connectivity index (χ1) is 12.1. The fourth-order valence-electron chi connectivity index (χ4n) is 3.38. The Bertz CT molecular complexity index is 728. The quantitative estimate of drug-likeness (QED) is 0.615. The zero-order valence-electron chi connectivity index (χ0n) is 14.6. The van der Waals surface area contributed by atoms with E-state index in [-0.39, 0.29) is 10.6 Å². The van der Waals surface area contributed by atoms with Gasteiger partial charge < -0.3 is 9.80 Å². The first-order valence-corrected chi connectivity index (χ1v) is 8.52. The third kappa shape index (κ3) is 3.87. The Morgan fingerprint density at radius 2 is 1.88 bits per heavy atom. The average Bonchev–Trinajstić information content (AvgIpc) is 2.62. The lowest BCUT2D eigenvalue weighted by molar-refractivity contribution is -0.383. The number of benzene rings is 1. The Morgan fingerprint density at radius 3 is 2.48 bits per heavy atom. The number of piperidine rings is 1.